The smallest absolute Gasteiger partial charge is 0.216 e. The largest absolute Gasteiger partial charge is 0.481 e. The molecular weight excluding hydrogens is 164 g/mol. The Morgan fingerprint density at radius 3 is 2.64 bits per heavy atom. The van der Waals surface area contributed by atoms with Crippen molar-refractivity contribution in [2.75, 3.05) is 12.8 Å². The first-order valence-electron chi connectivity index (χ1n) is 3.00. The third-order valence-corrected chi connectivity index (χ3v) is 1.24. The van der Waals surface area contributed by atoms with E-state index in [1.165, 1.54) is 0 Å². The maximum Gasteiger partial charge on any atom is 0.216 e. The van der Waals surface area contributed by atoms with Crippen LogP contribution in [0.1, 0.15) is 5.56 Å². The van der Waals surface area contributed by atoms with Crippen LogP contribution in [0.15, 0.2) is 12.3 Å². The molecule has 0 aliphatic heterocycles. The van der Waals surface area contributed by atoms with Gasteiger partial charge in [-0.25, -0.2) is 4.98 Å². The van der Waals surface area contributed by atoms with E-state index < -0.39 is 0 Å². The minimum absolute atomic E-state index is 0. The lowest BCUT2D eigenvalue weighted by Crippen LogP contribution is -1.93. The Balaban J connectivity index is 0.000001000. The lowest BCUT2D eigenvalue weighted by atomic mass is 10.3. The zero-order valence-electron chi connectivity index (χ0n) is 6.50. The van der Waals surface area contributed by atoms with Crippen LogP contribution in [0.25, 0.3) is 0 Å². The summed E-state index contributed by atoms with van der Waals surface area (Å²) in [6.45, 7) is 1.90. The molecule has 0 amide bonds. The van der Waals surface area contributed by atoms with Crippen LogP contribution in [0, 0.1) is 6.92 Å². The van der Waals surface area contributed by atoms with Crippen molar-refractivity contribution in [2.45, 2.75) is 6.92 Å². The first kappa shape index (κ1) is 10.0. The van der Waals surface area contributed by atoms with Crippen LogP contribution in [0.3, 0.4) is 0 Å². The number of nitrogens with two attached hydrogens (primary N) is 1. The second kappa shape index (κ2) is 4.03. The fraction of sp³-hybridized carbons (Fsp3) is 0.286. The molecule has 1 heterocycles. The SMILES string of the molecule is COc1ncc(N)cc1C.Cl. The number of hydrogen-bond donors (Lipinski definition) is 1. The quantitative estimate of drug-likeness (QED) is 0.700. The van der Waals surface area contributed by atoms with Gasteiger partial charge >= 0.3 is 0 Å². The van der Waals surface area contributed by atoms with E-state index in [2.05, 4.69) is 4.98 Å². The summed E-state index contributed by atoms with van der Waals surface area (Å²) < 4.78 is 4.93. The molecule has 0 bridgehead atoms. The topological polar surface area (TPSA) is 48.1 Å². The molecule has 0 aromatic carbocycles. The average molecular weight is 175 g/mol. The van der Waals surface area contributed by atoms with Gasteiger partial charge in [0.05, 0.1) is 19.0 Å². The predicted molar refractivity (Wildman–Crippen MR) is 47.2 cm³/mol. The number of aromatic nitrogens is 1. The second-order valence-corrected chi connectivity index (χ2v) is 2.09. The molecule has 1 aromatic heterocycles. The van der Waals surface area contributed by atoms with Crippen LogP contribution >= 0.6 is 12.4 Å². The van der Waals surface area contributed by atoms with Gasteiger partial charge in [0, 0.05) is 5.56 Å². The number of methoxy groups -OCH3 is 1. The summed E-state index contributed by atoms with van der Waals surface area (Å²) in [7, 11) is 1.59. The van der Waals surface area contributed by atoms with Gasteiger partial charge in [0.2, 0.25) is 5.88 Å². The Labute approximate surface area is 72.0 Å². The number of nitrogen functional groups attached to an aromatic ring is 1. The molecule has 2 N–H and O–H groups in total. The molecule has 0 fully saturated rings. The third kappa shape index (κ3) is 2.27. The van der Waals surface area contributed by atoms with Gasteiger partial charge in [0.1, 0.15) is 0 Å². The minimum atomic E-state index is 0. The molecule has 0 saturated heterocycles. The van der Waals surface area contributed by atoms with Crippen LogP contribution in [0.2, 0.25) is 0 Å². The number of ether oxygens (including phenoxy) is 1. The van der Waals surface area contributed by atoms with Gasteiger partial charge < -0.3 is 10.5 Å². The Morgan fingerprint density at radius 2 is 2.18 bits per heavy atom. The molecule has 1 rings (SSSR count). The zero-order chi connectivity index (χ0) is 7.56. The van der Waals surface area contributed by atoms with E-state index in [0.29, 0.717) is 11.6 Å². The van der Waals surface area contributed by atoms with Crippen molar-refractivity contribution in [3.63, 3.8) is 0 Å². The third-order valence-electron chi connectivity index (χ3n) is 1.24. The van der Waals surface area contributed by atoms with Crippen molar-refractivity contribution in [3.8, 4) is 5.88 Å². The summed E-state index contributed by atoms with van der Waals surface area (Å²) in [5.74, 6) is 0.634. The van der Waals surface area contributed by atoms with Crippen LogP contribution in [0.4, 0.5) is 5.69 Å². The van der Waals surface area contributed by atoms with E-state index in [0.717, 1.165) is 5.56 Å². The number of pyridine rings is 1. The summed E-state index contributed by atoms with van der Waals surface area (Å²) >= 11 is 0. The Morgan fingerprint density at radius 1 is 1.55 bits per heavy atom. The summed E-state index contributed by atoms with van der Waals surface area (Å²) in [6.07, 6.45) is 1.58. The number of aryl methyl sites for hydroxylation is 1. The molecule has 0 aliphatic rings. The first-order chi connectivity index (χ1) is 4.74. The van der Waals surface area contributed by atoms with Gasteiger partial charge in [-0.15, -0.1) is 12.4 Å². The van der Waals surface area contributed by atoms with E-state index >= 15 is 0 Å². The molecule has 3 nitrogen and oxygen atoms in total. The Kier molecular flexibility index (Phi) is 3.68. The normalized spacial score (nSPS) is 8.55. The van der Waals surface area contributed by atoms with Crippen molar-refractivity contribution < 1.29 is 4.74 Å². The molecule has 0 aliphatic carbocycles. The van der Waals surface area contributed by atoms with Crippen molar-refractivity contribution in [2.24, 2.45) is 0 Å². The first-order valence-corrected chi connectivity index (χ1v) is 3.00. The van der Waals surface area contributed by atoms with Gasteiger partial charge in [-0.05, 0) is 13.0 Å². The number of rotatable bonds is 1. The standard InChI is InChI=1S/C7H10N2O.ClH/c1-5-3-6(8)4-9-7(5)10-2;/h3-4H,8H2,1-2H3;1H. The van der Waals surface area contributed by atoms with Crippen molar-refractivity contribution >= 4 is 18.1 Å². The lowest BCUT2D eigenvalue weighted by Gasteiger charge is -2.01. The molecule has 0 unspecified atom stereocenters. The average Bonchev–Trinajstić information content (AvgIpc) is 1.88. The lowest BCUT2D eigenvalue weighted by molar-refractivity contribution is 0.395. The van der Waals surface area contributed by atoms with Gasteiger partial charge in [-0.1, -0.05) is 0 Å². The molecule has 4 heteroatoms. The van der Waals surface area contributed by atoms with Crippen LogP contribution in [-0.4, -0.2) is 12.1 Å². The van der Waals surface area contributed by atoms with Crippen LogP contribution in [-0.2, 0) is 0 Å². The van der Waals surface area contributed by atoms with E-state index in [1.54, 1.807) is 13.3 Å². The van der Waals surface area contributed by atoms with E-state index in [1.807, 2.05) is 13.0 Å². The number of halogens is 1. The van der Waals surface area contributed by atoms with Gasteiger partial charge in [0.25, 0.3) is 0 Å². The van der Waals surface area contributed by atoms with E-state index in [4.69, 9.17) is 10.5 Å². The fourth-order valence-corrected chi connectivity index (χ4v) is 0.798. The maximum absolute atomic E-state index is 5.46. The van der Waals surface area contributed by atoms with Crippen molar-refractivity contribution in [1.82, 2.24) is 4.98 Å². The van der Waals surface area contributed by atoms with Gasteiger partial charge in [-0.3, -0.25) is 0 Å². The van der Waals surface area contributed by atoms with Crippen molar-refractivity contribution in [3.05, 3.63) is 17.8 Å². The molecule has 0 radical (unpaired) electrons. The monoisotopic (exact) mass is 174 g/mol. The highest BCUT2D eigenvalue weighted by atomic mass is 35.5. The van der Waals surface area contributed by atoms with Gasteiger partial charge in [0.15, 0.2) is 0 Å². The summed E-state index contributed by atoms with van der Waals surface area (Å²) in [5.41, 5.74) is 7.09. The second-order valence-electron chi connectivity index (χ2n) is 2.09. The number of anilines is 1. The Bertz CT molecular complexity index is 240. The van der Waals surface area contributed by atoms with Crippen LogP contribution in [0.5, 0.6) is 5.88 Å². The molecule has 0 spiro atoms. The van der Waals surface area contributed by atoms with Crippen LogP contribution < -0.4 is 10.5 Å². The van der Waals surface area contributed by atoms with E-state index in [9.17, 15) is 0 Å². The Hall–Kier alpha value is -0.960. The number of nitrogens with zero attached hydrogens (tertiary/aromatic N) is 1. The molecular formula is C7H11ClN2O. The summed E-state index contributed by atoms with van der Waals surface area (Å²) in [5, 5.41) is 0. The van der Waals surface area contributed by atoms with Gasteiger partial charge in [-0.2, -0.15) is 0 Å². The highest BCUT2D eigenvalue weighted by Gasteiger charge is 1.97. The molecule has 0 atom stereocenters. The molecule has 0 saturated carbocycles. The highest BCUT2D eigenvalue weighted by Crippen LogP contribution is 2.14. The number of hydrogen-bond acceptors (Lipinski definition) is 3. The predicted octanol–water partition coefficient (Wildman–Crippen LogP) is 1.40. The molecule has 62 valence electrons. The van der Waals surface area contributed by atoms with Crippen molar-refractivity contribution in [1.29, 1.82) is 0 Å². The fourth-order valence-electron chi connectivity index (χ4n) is 0.798. The maximum atomic E-state index is 5.46. The summed E-state index contributed by atoms with van der Waals surface area (Å²) in [6, 6.07) is 1.83. The highest BCUT2D eigenvalue weighted by molar-refractivity contribution is 5.85. The summed E-state index contributed by atoms with van der Waals surface area (Å²) in [4.78, 5) is 3.95. The van der Waals surface area contributed by atoms with E-state index in [-0.39, 0.29) is 12.4 Å². The minimum Gasteiger partial charge on any atom is -0.481 e. The zero-order valence-corrected chi connectivity index (χ0v) is 7.31. The molecule has 1 aromatic rings. The molecule has 11 heavy (non-hydrogen) atoms.